The van der Waals surface area contributed by atoms with Crippen LogP contribution < -0.4 is 0 Å². The smallest absolute Gasteiger partial charge is 0.411 e. The number of fused-ring (bicyclic) bond motifs is 2. The van der Waals surface area contributed by atoms with Crippen LogP contribution in [0.2, 0.25) is 0 Å². The van der Waals surface area contributed by atoms with Crippen molar-refractivity contribution in [2.75, 3.05) is 0 Å². The Morgan fingerprint density at radius 2 is 1.77 bits per heavy atom. The number of carbonyl (C=O) groups excluding carboxylic acids is 1. The van der Waals surface area contributed by atoms with Gasteiger partial charge in [-0.25, -0.2) is 4.79 Å². The van der Waals surface area contributed by atoms with Crippen LogP contribution in [-0.2, 0) is 4.74 Å². The second-order valence-electron chi connectivity index (χ2n) is 8.32. The van der Waals surface area contributed by atoms with Crippen molar-refractivity contribution in [1.82, 2.24) is 4.90 Å². The van der Waals surface area contributed by atoms with Gasteiger partial charge in [-0.3, -0.25) is 4.90 Å². The fourth-order valence-electron chi connectivity index (χ4n) is 4.42. The van der Waals surface area contributed by atoms with Crippen molar-refractivity contribution in [3.05, 3.63) is 11.6 Å². The van der Waals surface area contributed by atoms with E-state index < -0.39 is 5.60 Å². The van der Waals surface area contributed by atoms with Crippen molar-refractivity contribution in [3.8, 4) is 0 Å². The summed E-state index contributed by atoms with van der Waals surface area (Å²) in [6.45, 7) is 5.84. The first-order chi connectivity index (χ1) is 10.4. The molecule has 2 fully saturated rings. The molecule has 0 aromatic carbocycles. The van der Waals surface area contributed by atoms with Crippen molar-refractivity contribution in [3.63, 3.8) is 0 Å². The maximum atomic E-state index is 12.5. The average Bonchev–Trinajstić information content (AvgIpc) is 2.65. The van der Waals surface area contributed by atoms with Gasteiger partial charge >= 0.3 is 6.09 Å². The van der Waals surface area contributed by atoms with Crippen LogP contribution in [0.1, 0.15) is 78.6 Å². The van der Waals surface area contributed by atoms with E-state index in [1.807, 2.05) is 25.7 Å². The average molecular weight is 305 g/mol. The summed E-state index contributed by atoms with van der Waals surface area (Å²) in [5, 5.41) is 0. The largest absolute Gasteiger partial charge is 0.444 e. The first kappa shape index (κ1) is 15.9. The minimum Gasteiger partial charge on any atom is -0.444 e. The first-order valence-corrected chi connectivity index (χ1v) is 9.16. The molecule has 1 aliphatic carbocycles. The van der Waals surface area contributed by atoms with Crippen molar-refractivity contribution in [1.29, 1.82) is 0 Å². The third kappa shape index (κ3) is 3.49. The van der Waals surface area contributed by atoms with E-state index in [4.69, 9.17) is 4.74 Å². The van der Waals surface area contributed by atoms with E-state index in [0.29, 0.717) is 6.04 Å². The molecule has 0 spiro atoms. The Morgan fingerprint density at radius 1 is 1.09 bits per heavy atom. The van der Waals surface area contributed by atoms with Crippen LogP contribution in [0.25, 0.3) is 0 Å². The van der Waals surface area contributed by atoms with Crippen LogP contribution in [0.4, 0.5) is 4.79 Å². The summed E-state index contributed by atoms with van der Waals surface area (Å²) >= 11 is 0. The molecule has 3 heteroatoms. The summed E-state index contributed by atoms with van der Waals surface area (Å²) < 4.78 is 5.62. The fourth-order valence-corrected chi connectivity index (χ4v) is 4.42. The van der Waals surface area contributed by atoms with Gasteiger partial charge in [0.25, 0.3) is 0 Å². The summed E-state index contributed by atoms with van der Waals surface area (Å²) in [4.78, 5) is 14.5. The minimum absolute atomic E-state index is 0.115. The monoisotopic (exact) mass is 305 g/mol. The maximum absolute atomic E-state index is 12.5. The van der Waals surface area contributed by atoms with Crippen molar-refractivity contribution < 1.29 is 9.53 Å². The van der Waals surface area contributed by atoms with E-state index in [0.717, 1.165) is 25.2 Å². The number of nitrogens with zero attached hydrogens (tertiary/aromatic N) is 1. The number of ether oxygens (including phenoxy) is 1. The van der Waals surface area contributed by atoms with Crippen LogP contribution in [0, 0.1) is 5.92 Å². The van der Waals surface area contributed by atoms with E-state index in [1.54, 1.807) is 5.57 Å². The standard InChI is InChI=1S/C19H31NO2/c1-19(2,3)22-18(21)20-16-10-11-17(20)13-15(12-16)14-8-6-4-5-7-9-14/h12,14,16-17H,4-11,13H2,1-3H3. The Balaban J connectivity index is 1.70. The van der Waals surface area contributed by atoms with Gasteiger partial charge in [0.2, 0.25) is 0 Å². The second kappa shape index (κ2) is 6.25. The summed E-state index contributed by atoms with van der Waals surface area (Å²) in [6, 6.07) is 0.662. The first-order valence-electron chi connectivity index (χ1n) is 9.16. The summed E-state index contributed by atoms with van der Waals surface area (Å²) in [5.74, 6) is 0.784. The highest BCUT2D eigenvalue weighted by molar-refractivity contribution is 5.70. The zero-order chi connectivity index (χ0) is 15.7. The third-order valence-electron chi connectivity index (χ3n) is 5.41. The molecule has 0 N–H and O–H groups in total. The number of hydrogen-bond donors (Lipinski definition) is 0. The quantitative estimate of drug-likeness (QED) is 0.501. The van der Waals surface area contributed by atoms with Gasteiger partial charge in [0.05, 0.1) is 6.04 Å². The van der Waals surface area contributed by atoms with Gasteiger partial charge in [-0.2, -0.15) is 0 Å². The van der Waals surface area contributed by atoms with Gasteiger partial charge in [0, 0.05) is 6.04 Å². The molecule has 1 amide bonds. The van der Waals surface area contributed by atoms with E-state index in [9.17, 15) is 4.79 Å². The Hall–Kier alpha value is -0.990. The third-order valence-corrected chi connectivity index (χ3v) is 5.41. The zero-order valence-corrected chi connectivity index (χ0v) is 14.4. The Bertz CT molecular complexity index is 441. The normalized spacial score (nSPS) is 30.0. The van der Waals surface area contributed by atoms with Gasteiger partial charge < -0.3 is 4.74 Å². The topological polar surface area (TPSA) is 29.5 Å². The molecule has 124 valence electrons. The molecule has 2 atom stereocenters. The molecular weight excluding hydrogens is 274 g/mol. The van der Waals surface area contributed by atoms with E-state index in [-0.39, 0.29) is 12.1 Å². The van der Waals surface area contributed by atoms with Crippen LogP contribution >= 0.6 is 0 Å². The molecule has 22 heavy (non-hydrogen) atoms. The van der Waals surface area contributed by atoms with Gasteiger partial charge in [0.15, 0.2) is 0 Å². The molecule has 2 bridgehead atoms. The zero-order valence-electron chi connectivity index (χ0n) is 14.4. The minimum atomic E-state index is -0.401. The van der Waals surface area contributed by atoms with E-state index in [1.165, 1.54) is 38.5 Å². The number of amides is 1. The summed E-state index contributed by atoms with van der Waals surface area (Å²) in [6.07, 6.45) is 13.9. The predicted octanol–water partition coefficient (Wildman–Crippen LogP) is 5.06. The highest BCUT2D eigenvalue weighted by Gasteiger charge is 2.42. The van der Waals surface area contributed by atoms with Crippen LogP contribution in [0.3, 0.4) is 0 Å². The van der Waals surface area contributed by atoms with Gasteiger partial charge in [-0.05, 0) is 58.8 Å². The highest BCUT2D eigenvalue weighted by atomic mass is 16.6. The van der Waals surface area contributed by atoms with Crippen LogP contribution in [0.5, 0.6) is 0 Å². The molecule has 0 radical (unpaired) electrons. The Labute approximate surface area is 135 Å². The van der Waals surface area contributed by atoms with Crippen molar-refractivity contribution in [2.24, 2.45) is 5.92 Å². The van der Waals surface area contributed by atoms with Crippen LogP contribution in [0.15, 0.2) is 11.6 Å². The SMILES string of the molecule is CC(C)(C)OC(=O)N1C2C=C(C3CCCCCC3)CC1CC2. The Morgan fingerprint density at radius 3 is 2.36 bits per heavy atom. The van der Waals surface area contributed by atoms with Gasteiger partial charge in [-0.15, -0.1) is 0 Å². The lowest BCUT2D eigenvalue weighted by molar-refractivity contribution is 0.0163. The predicted molar refractivity (Wildman–Crippen MR) is 88.8 cm³/mol. The molecule has 3 nitrogen and oxygen atoms in total. The highest BCUT2D eigenvalue weighted by Crippen LogP contribution is 2.41. The second-order valence-corrected chi connectivity index (χ2v) is 8.32. The molecule has 0 aromatic heterocycles. The molecule has 0 aromatic rings. The number of rotatable bonds is 1. The molecule has 2 aliphatic heterocycles. The lowest BCUT2D eigenvalue weighted by atomic mass is 9.85. The number of carbonyl (C=O) groups is 1. The van der Waals surface area contributed by atoms with Crippen molar-refractivity contribution in [2.45, 2.75) is 96.2 Å². The van der Waals surface area contributed by atoms with E-state index in [2.05, 4.69) is 6.08 Å². The number of hydrogen-bond acceptors (Lipinski definition) is 2. The van der Waals surface area contributed by atoms with Gasteiger partial charge in [-0.1, -0.05) is 37.3 Å². The Kier molecular flexibility index (Phi) is 4.52. The molecule has 1 saturated carbocycles. The van der Waals surface area contributed by atoms with Crippen molar-refractivity contribution >= 4 is 6.09 Å². The molecule has 2 unspecified atom stereocenters. The maximum Gasteiger partial charge on any atom is 0.411 e. The fraction of sp³-hybridized carbons (Fsp3) is 0.842. The molecule has 2 heterocycles. The van der Waals surface area contributed by atoms with E-state index >= 15 is 0 Å². The molecule has 3 rings (SSSR count). The molecule has 3 aliphatic rings. The molecular formula is C19H31NO2. The lowest BCUT2D eigenvalue weighted by Crippen LogP contribution is -2.46. The summed E-state index contributed by atoms with van der Waals surface area (Å²) in [5.41, 5.74) is 1.25. The molecule has 1 saturated heterocycles. The lowest BCUT2D eigenvalue weighted by Gasteiger charge is -2.37. The van der Waals surface area contributed by atoms with Crippen LogP contribution in [-0.4, -0.2) is 28.7 Å². The summed E-state index contributed by atoms with van der Waals surface area (Å²) in [7, 11) is 0. The van der Waals surface area contributed by atoms with Gasteiger partial charge in [0.1, 0.15) is 5.60 Å².